The van der Waals surface area contributed by atoms with Crippen molar-refractivity contribution < 1.29 is 14.6 Å². The van der Waals surface area contributed by atoms with E-state index >= 15 is 0 Å². The summed E-state index contributed by atoms with van der Waals surface area (Å²) in [6.45, 7) is 1.68. The second-order valence-corrected chi connectivity index (χ2v) is 5.35. The van der Waals surface area contributed by atoms with Crippen molar-refractivity contribution in [1.82, 2.24) is 20.4 Å². The molecule has 0 bridgehead atoms. The first-order valence-corrected chi connectivity index (χ1v) is 7.57. The molecule has 0 spiro atoms. The molecular formula is C17H17N5O3. The molecule has 0 saturated carbocycles. The summed E-state index contributed by atoms with van der Waals surface area (Å²) >= 11 is 0. The lowest BCUT2D eigenvalue weighted by molar-refractivity contribution is -0.121. The van der Waals surface area contributed by atoms with Crippen LogP contribution in [0, 0.1) is 0 Å². The van der Waals surface area contributed by atoms with E-state index in [2.05, 4.69) is 20.8 Å². The molecule has 3 aromatic rings. The molecule has 128 valence electrons. The number of hydrogen-bond acceptors (Lipinski definition) is 6. The van der Waals surface area contributed by atoms with Crippen LogP contribution in [0.15, 0.2) is 47.6 Å². The molecule has 2 N–H and O–H groups in total. The predicted octanol–water partition coefficient (Wildman–Crippen LogP) is 1.69. The smallest absolute Gasteiger partial charge is 0.261 e. The first kappa shape index (κ1) is 16.4. The van der Waals surface area contributed by atoms with E-state index in [1.54, 1.807) is 19.1 Å². The minimum absolute atomic E-state index is 0.00805. The van der Waals surface area contributed by atoms with Gasteiger partial charge in [-0.3, -0.25) is 4.79 Å². The Morgan fingerprint density at radius 1 is 1.32 bits per heavy atom. The first-order chi connectivity index (χ1) is 12.1. The van der Waals surface area contributed by atoms with E-state index in [1.165, 1.54) is 17.9 Å². The van der Waals surface area contributed by atoms with Gasteiger partial charge in [0, 0.05) is 11.6 Å². The number of rotatable bonds is 5. The summed E-state index contributed by atoms with van der Waals surface area (Å²) in [7, 11) is 1.52. The Hall–Kier alpha value is -3.42. The van der Waals surface area contributed by atoms with Gasteiger partial charge in [0.25, 0.3) is 5.91 Å². The van der Waals surface area contributed by atoms with Gasteiger partial charge in [-0.25, -0.2) is 10.1 Å². The van der Waals surface area contributed by atoms with E-state index in [9.17, 15) is 9.90 Å². The van der Waals surface area contributed by atoms with Gasteiger partial charge in [0.15, 0.2) is 0 Å². The van der Waals surface area contributed by atoms with Crippen LogP contribution in [0.4, 0.5) is 0 Å². The lowest BCUT2D eigenvalue weighted by Crippen LogP contribution is -2.24. The summed E-state index contributed by atoms with van der Waals surface area (Å²) < 4.78 is 6.54. The maximum Gasteiger partial charge on any atom is 0.261 e. The molecule has 0 aliphatic carbocycles. The van der Waals surface area contributed by atoms with Gasteiger partial charge in [-0.1, -0.05) is 17.3 Å². The number of aromatic nitrogens is 3. The van der Waals surface area contributed by atoms with Gasteiger partial charge in [0.1, 0.15) is 23.6 Å². The van der Waals surface area contributed by atoms with Gasteiger partial charge in [0.2, 0.25) is 0 Å². The molecule has 1 aromatic heterocycles. The van der Waals surface area contributed by atoms with Crippen molar-refractivity contribution in [3.8, 4) is 11.5 Å². The molecule has 0 saturated heterocycles. The van der Waals surface area contributed by atoms with E-state index in [4.69, 9.17) is 4.74 Å². The Labute approximate surface area is 143 Å². The molecular weight excluding hydrogens is 322 g/mol. The molecule has 25 heavy (non-hydrogen) atoms. The average Bonchev–Trinajstić information content (AvgIpc) is 3.02. The van der Waals surface area contributed by atoms with Crippen LogP contribution in [0.5, 0.6) is 11.5 Å². The van der Waals surface area contributed by atoms with Crippen LogP contribution in [-0.4, -0.2) is 38.8 Å². The van der Waals surface area contributed by atoms with Gasteiger partial charge in [0.05, 0.1) is 18.3 Å². The number of carbonyl (C=O) groups is 1. The zero-order valence-corrected chi connectivity index (χ0v) is 13.8. The van der Waals surface area contributed by atoms with Crippen molar-refractivity contribution in [2.45, 2.75) is 13.5 Å². The van der Waals surface area contributed by atoms with Crippen molar-refractivity contribution in [3.05, 3.63) is 48.0 Å². The molecule has 1 amide bonds. The van der Waals surface area contributed by atoms with E-state index < -0.39 is 0 Å². The lowest BCUT2D eigenvalue weighted by atomic mass is 10.1. The molecule has 0 atom stereocenters. The highest BCUT2D eigenvalue weighted by atomic mass is 16.5. The highest BCUT2D eigenvalue weighted by molar-refractivity contribution is 6.01. The van der Waals surface area contributed by atoms with Crippen LogP contribution in [0.3, 0.4) is 0 Å². The van der Waals surface area contributed by atoms with Crippen LogP contribution in [0.1, 0.15) is 12.5 Å². The Bertz CT molecular complexity index is 948. The number of fused-ring (bicyclic) bond motifs is 1. The third kappa shape index (κ3) is 3.57. The fraction of sp³-hybridized carbons (Fsp3) is 0.176. The zero-order valence-electron chi connectivity index (χ0n) is 13.8. The van der Waals surface area contributed by atoms with Gasteiger partial charge in [-0.15, -0.1) is 5.10 Å². The summed E-state index contributed by atoms with van der Waals surface area (Å²) in [4.78, 5) is 12.1. The minimum Gasteiger partial charge on any atom is -0.507 e. The SMILES string of the molecule is COc1ccc(/C(C)=N/NC(=O)Cn2nnc3ccccc32)c(O)c1. The van der Waals surface area contributed by atoms with E-state index in [-0.39, 0.29) is 18.2 Å². The Kier molecular flexibility index (Phi) is 4.60. The Morgan fingerprint density at radius 3 is 2.88 bits per heavy atom. The highest BCUT2D eigenvalue weighted by Gasteiger charge is 2.10. The molecule has 3 rings (SSSR count). The number of ether oxygens (including phenoxy) is 1. The summed E-state index contributed by atoms with van der Waals surface area (Å²) in [5.41, 5.74) is 4.92. The molecule has 0 aliphatic heterocycles. The van der Waals surface area contributed by atoms with Gasteiger partial charge in [-0.2, -0.15) is 5.10 Å². The maximum absolute atomic E-state index is 12.1. The number of para-hydroxylation sites is 1. The number of phenols is 1. The number of nitrogens with one attached hydrogen (secondary N) is 1. The molecule has 0 fully saturated rings. The lowest BCUT2D eigenvalue weighted by Gasteiger charge is -2.07. The molecule has 2 aromatic carbocycles. The molecule has 8 heteroatoms. The fourth-order valence-electron chi connectivity index (χ4n) is 2.36. The van der Waals surface area contributed by atoms with Crippen molar-refractivity contribution in [2.24, 2.45) is 5.10 Å². The Balaban J connectivity index is 1.69. The number of aromatic hydroxyl groups is 1. The molecule has 0 unspecified atom stereocenters. The normalized spacial score (nSPS) is 11.5. The van der Waals surface area contributed by atoms with Crippen molar-refractivity contribution in [3.63, 3.8) is 0 Å². The first-order valence-electron chi connectivity index (χ1n) is 7.57. The van der Waals surface area contributed by atoms with Crippen LogP contribution in [0.2, 0.25) is 0 Å². The van der Waals surface area contributed by atoms with Gasteiger partial charge < -0.3 is 9.84 Å². The molecule has 0 radical (unpaired) electrons. The van der Waals surface area contributed by atoms with Crippen LogP contribution in [0.25, 0.3) is 11.0 Å². The van der Waals surface area contributed by atoms with Gasteiger partial charge in [-0.05, 0) is 31.2 Å². The third-order valence-electron chi connectivity index (χ3n) is 3.66. The van der Waals surface area contributed by atoms with E-state index in [1.807, 2.05) is 24.3 Å². The van der Waals surface area contributed by atoms with Crippen LogP contribution in [-0.2, 0) is 11.3 Å². The second kappa shape index (κ2) is 7.00. The molecule has 1 heterocycles. The van der Waals surface area contributed by atoms with Gasteiger partial charge >= 0.3 is 0 Å². The monoisotopic (exact) mass is 339 g/mol. The third-order valence-corrected chi connectivity index (χ3v) is 3.66. The van der Waals surface area contributed by atoms with Crippen molar-refractivity contribution >= 4 is 22.7 Å². The number of methoxy groups -OCH3 is 1. The molecule has 8 nitrogen and oxygen atoms in total. The fourth-order valence-corrected chi connectivity index (χ4v) is 2.36. The number of benzene rings is 2. The second-order valence-electron chi connectivity index (χ2n) is 5.35. The number of carbonyl (C=O) groups excluding carboxylic acids is 1. The zero-order chi connectivity index (χ0) is 17.8. The summed E-state index contributed by atoms with van der Waals surface area (Å²) in [6.07, 6.45) is 0. The summed E-state index contributed by atoms with van der Waals surface area (Å²) in [5.74, 6) is 0.219. The van der Waals surface area contributed by atoms with E-state index in [0.29, 0.717) is 17.0 Å². The number of amides is 1. The number of nitrogens with zero attached hydrogens (tertiary/aromatic N) is 4. The van der Waals surface area contributed by atoms with Crippen molar-refractivity contribution in [2.75, 3.05) is 7.11 Å². The summed E-state index contributed by atoms with van der Waals surface area (Å²) in [5, 5.41) is 22.0. The Morgan fingerprint density at radius 2 is 2.12 bits per heavy atom. The van der Waals surface area contributed by atoms with E-state index in [0.717, 1.165) is 11.0 Å². The summed E-state index contributed by atoms with van der Waals surface area (Å²) in [6, 6.07) is 12.2. The topological polar surface area (TPSA) is 102 Å². The van der Waals surface area contributed by atoms with Crippen molar-refractivity contribution in [1.29, 1.82) is 0 Å². The molecule has 0 aliphatic rings. The number of hydrazone groups is 1. The van der Waals surface area contributed by atoms with Crippen LogP contribution < -0.4 is 10.2 Å². The number of hydrogen-bond donors (Lipinski definition) is 2. The number of phenolic OH excluding ortho intramolecular Hbond substituents is 1. The largest absolute Gasteiger partial charge is 0.507 e. The maximum atomic E-state index is 12.1. The highest BCUT2D eigenvalue weighted by Crippen LogP contribution is 2.23. The minimum atomic E-state index is -0.344. The standard InChI is InChI=1S/C17H17N5O3/c1-11(13-8-7-12(25-2)9-16(13)23)18-20-17(24)10-22-15-6-4-3-5-14(15)19-21-22/h3-9,23H,10H2,1-2H3,(H,20,24)/b18-11+. The predicted molar refractivity (Wildman–Crippen MR) is 92.5 cm³/mol. The van der Waals surface area contributed by atoms with Crippen LogP contribution >= 0.6 is 0 Å². The average molecular weight is 339 g/mol. The quantitative estimate of drug-likeness (QED) is 0.544.